The van der Waals surface area contributed by atoms with E-state index >= 15 is 0 Å². The Morgan fingerprint density at radius 1 is 1.32 bits per heavy atom. The van der Waals surface area contributed by atoms with Crippen LogP contribution in [0.2, 0.25) is 0 Å². The zero-order valence-electron chi connectivity index (χ0n) is 15.4. The smallest absolute Gasteiger partial charge is 0.215 e. The molecule has 1 fully saturated rings. The third-order valence-electron chi connectivity index (χ3n) is 4.66. The number of H-pyrrole nitrogens is 1. The standard InChI is InChI=1S/C18H20FN5O3S/c1-10-9-24(7-8-27-10)18-15-14(21-11(2)22-18)16(17(20)23-15)28(25,26)13-6-4-3-5-12(13)19/h3-6,10,23H,7-9,20H2,1-2H3/t10-/m1/s1. The molecule has 28 heavy (non-hydrogen) atoms. The van der Waals surface area contributed by atoms with E-state index in [1.807, 2.05) is 11.8 Å². The van der Waals surface area contributed by atoms with Crippen molar-refractivity contribution in [3.8, 4) is 0 Å². The van der Waals surface area contributed by atoms with Crippen molar-refractivity contribution in [1.82, 2.24) is 15.0 Å². The van der Waals surface area contributed by atoms with Gasteiger partial charge in [0.25, 0.3) is 0 Å². The normalized spacial score (nSPS) is 18.0. The first-order valence-corrected chi connectivity index (χ1v) is 10.3. The summed E-state index contributed by atoms with van der Waals surface area (Å²) in [4.78, 5) is 13.0. The lowest BCUT2D eigenvalue weighted by Crippen LogP contribution is -2.41. The van der Waals surface area contributed by atoms with Crippen molar-refractivity contribution >= 4 is 32.5 Å². The van der Waals surface area contributed by atoms with Crippen molar-refractivity contribution in [2.24, 2.45) is 0 Å². The van der Waals surface area contributed by atoms with Crippen LogP contribution in [-0.2, 0) is 14.6 Å². The number of morpholine rings is 1. The predicted molar refractivity (Wildman–Crippen MR) is 103 cm³/mol. The second-order valence-corrected chi connectivity index (χ2v) is 8.60. The lowest BCUT2D eigenvalue weighted by atomic mass is 10.3. The average molecular weight is 405 g/mol. The third-order valence-corrected chi connectivity index (χ3v) is 6.52. The van der Waals surface area contributed by atoms with Crippen LogP contribution in [0.3, 0.4) is 0 Å². The number of nitrogens with two attached hydrogens (primary N) is 1. The van der Waals surface area contributed by atoms with Gasteiger partial charge in [0.05, 0.1) is 12.7 Å². The summed E-state index contributed by atoms with van der Waals surface area (Å²) >= 11 is 0. The molecule has 1 aliphatic heterocycles. The molecule has 0 saturated carbocycles. The molecule has 4 rings (SSSR count). The fourth-order valence-electron chi connectivity index (χ4n) is 3.44. The maximum absolute atomic E-state index is 14.2. The molecule has 1 atom stereocenters. The number of anilines is 2. The van der Waals surface area contributed by atoms with Crippen LogP contribution in [0.5, 0.6) is 0 Å². The number of aryl methyl sites for hydroxylation is 1. The Balaban J connectivity index is 1.94. The first kappa shape index (κ1) is 18.6. The van der Waals surface area contributed by atoms with Crippen molar-refractivity contribution < 1.29 is 17.5 Å². The van der Waals surface area contributed by atoms with Gasteiger partial charge in [0, 0.05) is 13.1 Å². The minimum absolute atomic E-state index is 0.00741. The Bertz CT molecular complexity index is 1160. The largest absolute Gasteiger partial charge is 0.384 e. The number of halogens is 1. The summed E-state index contributed by atoms with van der Waals surface area (Å²) in [6.07, 6.45) is 0.00741. The Morgan fingerprint density at radius 3 is 2.79 bits per heavy atom. The lowest BCUT2D eigenvalue weighted by Gasteiger charge is -2.32. The molecular weight excluding hydrogens is 385 g/mol. The van der Waals surface area contributed by atoms with Gasteiger partial charge in [-0.1, -0.05) is 12.1 Å². The van der Waals surface area contributed by atoms with Crippen molar-refractivity contribution in [3.63, 3.8) is 0 Å². The van der Waals surface area contributed by atoms with Gasteiger partial charge >= 0.3 is 0 Å². The van der Waals surface area contributed by atoms with Gasteiger partial charge in [-0.05, 0) is 26.0 Å². The molecule has 1 saturated heterocycles. The molecule has 3 heterocycles. The number of aromatic nitrogens is 3. The summed E-state index contributed by atoms with van der Waals surface area (Å²) in [6, 6.07) is 5.19. The summed E-state index contributed by atoms with van der Waals surface area (Å²) in [5, 5.41) is 0. The molecule has 0 bridgehead atoms. The highest BCUT2D eigenvalue weighted by Crippen LogP contribution is 2.36. The second kappa shape index (κ2) is 6.71. The van der Waals surface area contributed by atoms with Crippen LogP contribution in [0.4, 0.5) is 16.0 Å². The van der Waals surface area contributed by atoms with Crippen LogP contribution < -0.4 is 10.6 Å². The molecule has 1 aromatic carbocycles. The molecule has 0 aliphatic carbocycles. The number of nitrogen functional groups attached to an aromatic ring is 1. The number of benzene rings is 1. The highest BCUT2D eigenvalue weighted by Gasteiger charge is 2.31. The van der Waals surface area contributed by atoms with Crippen LogP contribution in [0, 0.1) is 12.7 Å². The van der Waals surface area contributed by atoms with Crippen LogP contribution in [0.1, 0.15) is 12.7 Å². The number of fused-ring (bicyclic) bond motifs is 1. The first-order chi connectivity index (χ1) is 13.3. The van der Waals surface area contributed by atoms with E-state index in [1.165, 1.54) is 18.2 Å². The van der Waals surface area contributed by atoms with Gasteiger partial charge in [0.1, 0.15) is 38.3 Å². The van der Waals surface area contributed by atoms with E-state index < -0.39 is 20.5 Å². The molecule has 10 heteroatoms. The number of rotatable bonds is 3. The summed E-state index contributed by atoms with van der Waals surface area (Å²) in [5.41, 5.74) is 6.60. The average Bonchev–Trinajstić information content (AvgIpc) is 2.97. The van der Waals surface area contributed by atoms with Gasteiger partial charge in [-0.25, -0.2) is 22.8 Å². The number of nitrogens with zero attached hydrogens (tertiary/aromatic N) is 3. The van der Waals surface area contributed by atoms with E-state index in [-0.39, 0.29) is 22.3 Å². The monoisotopic (exact) mass is 405 g/mol. The second-order valence-electron chi connectivity index (χ2n) is 6.75. The lowest BCUT2D eigenvalue weighted by molar-refractivity contribution is 0.0530. The SMILES string of the molecule is Cc1nc(N2CCO[C@H](C)C2)c2[nH]c(N)c(S(=O)(=O)c3ccccc3F)c2n1. The first-order valence-electron chi connectivity index (χ1n) is 8.81. The van der Waals surface area contributed by atoms with Crippen molar-refractivity contribution in [2.75, 3.05) is 30.3 Å². The quantitative estimate of drug-likeness (QED) is 0.685. The van der Waals surface area contributed by atoms with Crippen molar-refractivity contribution in [1.29, 1.82) is 0 Å². The fourth-order valence-corrected chi connectivity index (χ4v) is 4.99. The van der Waals surface area contributed by atoms with Crippen molar-refractivity contribution in [3.05, 3.63) is 35.9 Å². The van der Waals surface area contributed by atoms with Crippen LogP contribution in [0.25, 0.3) is 11.0 Å². The number of sulfone groups is 1. The van der Waals surface area contributed by atoms with Gasteiger partial charge in [-0.3, -0.25) is 0 Å². The number of aromatic amines is 1. The summed E-state index contributed by atoms with van der Waals surface area (Å²) < 4.78 is 46.1. The molecule has 3 aromatic rings. The maximum atomic E-state index is 14.2. The predicted octanol–water partition coefficient (Wildman–Crippen LogP) is 2.05. The fraction of sp³-hybridized carbons (Fsp3) is 0.333. The number of hydrogen-bond donors (Lipinski definition) is 2. The third kappa shape index (κ3) is 2.98. The summed E-state index contributed by atoms with van der Waals surface area (Å²) in [5.74, 6) is 0.00919. The molecular formula is C18H20FN5O3S. The Labute approximate surface area is 161 Å². The van der Waals surface area contributed by atoms with Crippen molar-refractivity contribution in [2.45, 2.75) is 29.7 Å². The zero-order valence-corrected chi connectivity index (χ0v) is 16.3. The van der Waals surface area contributed by atoms with E-state index in [4.69, 9.17) is 10.5 Å². The van der Waals surface area contributed by atoms with Gasteiger partial charge in [0.15, 0.2) is 5.82 Å². The Morgan fingerprint density at radius 2 is 2.07 bits per heavy atom. The van der Waals surface area contributed by atoms with Gasteiger partial charge < -0.3 is 20.4 Å². The van der Waals surface area contributed by atoms with Crippen LogP contribution >= 0.6 is 0 Å². The zero-order chi connectivity index (χ0) is 20.1. The number of nitrogens with one attached hydrogen (secondary N) is 1. The molecule has 148 valence electrons. The van der Waals surface area contributed by atoms with E-state index in [1.54, 1.807) is 6.92 Å². The van der Waals surface area contributed by atoms with E-state index in [9.17, 15) is 12.8 Å². The van der Waals surface area contributed by atoms with Crippen LogP contribution in [-0.4, -0.2) is 49.2 Å². The van der Waals surface area contributed by atoms with Gasteiger partial charge in [-0.15, -0.1) is 0 Å². The van der Waals surface area contributed by atoms with Crippen LogP contribution in [0.15, 0.2) is 34.1 Å². The molecule has 8 nitrogen and oxygen atoms in total. The highest BCUT2D eigenvalue weighted by molar-refractivity contribution is 7.92. The maximum Gasteiger partial charge on any atom is 0.215 e. The molecule has 2 aromatic heterocycles. The number of ether oxygens (including phenoxy) is 1. The Kier molecular flexibility index (Phi) is 4.47. The van der Waals surface area contributed by atoms with Gasteiger partial charge in [0.2, 0.25) is 9.84 Å². The summed E-state index contributed by atoms with van der Waals surface area (Å²) in [7, 11) is -4.22. The molecule has 1 aliphatic rings. The molecule has 0 spiro atoms. The minimum atomic E-state index is -4.22. The molecule has 0 unspecified atom stereocenters. The topological polar surface area (TPSA) is 114 Å². The molecule has 0 amide bonds. The van der Waals surface area contributed by atoms with E-state index in [2.05, 4.69) is 15.0 Å². The summed E-state index contributed by atoms with van der Waals surface area (Å²) in [6.45, 7) is 5.36. The Hall–Kier alpha value is -2.72. The van der Waals surface area contributed by atoms with Gasteiger partial charge in [-0.2, -0.15) is 0 Å². The molecule has 0 radical (unpaired) electrons. The van der Waals surface area contributed by atoms with E-state index in [0.717, 1.165) is 6.07 Å². The minimum Gasteiger partial charge on any atom is -0.384 e. The highest BCUT2D eigenvalue weighted by atomic mass is 32.2. The molecule has 3 N–H and O–H groups in total. The van der Waals surface area contributed by atoms with E-state index in [0.29, 0.717) is 36.9 Å². The number of hydrogen-bond acceptors (Lipinski definition) is 7.